The molecular formula is C27H40BrN3O7. The van der Waals surface area contributed by atoms with Crippen molar-refractivity contribution in [3.63, 3.8) is 0 Å². The predicted molar refractivity (Wildman–Crippen MR) is 144 cm³/mol. The van der Waals surface area contributed by atoms with Gasteiger partial charge in [0.25, 0.3) is 0 Å². The van der Waals surface area contributed by atoms with Gasteiger partial charge in [0.05, 0.1) is 31.1 Å². The second-order valence-electron chi connectivity index (χ2n) is 11.2. The average molecular weight is 599 g/mol. The van der Waals surface area contributed by atoms with Gasteiger partial charge < -0.3 is 29.7 Å². The number of likely N-dealkylation sites (tertiary alicyclic amines) is 1. The van der Waals surface area contributed by atoms with Crippen LogP contribution >= 0.6 is 15.9 Å². The van der Waals surface area contributed by atoms with Crippen molar-refractivity contribution in [1.82, 2.24) is 15.1 Å². The molecule has 2 N–H and O–H groups in total. The molecule has 0 aromatic rings. The number of β-amino-alcohol motifs (C(OH)–C–C–N with tert-alkyl or cyclic N) is 1. The van der Waals surface area contributed by atoms with Gasteiger partial charge >= 0.3 is 5.97 Å². The minimum absolute atomic E-state index is 0.0601. The summed E-state index contributed by atoms with van der Waals surface area (Å²) < 4.78 is 12.1. The van der Waals surface area contributed by atoms with Gasteiger partial charge in [-0.25, -0.2) is 0 Å². The van der Waals surface area contributed by atoms with Crippen molar-refractivity contribution in [2.75, 3.05) is 26.2 Å². The molecule has 3 heterocycles. The molecule has 1 spiro atoms. The second kappa shape index (κ2) is 11.9. The molecule has 212 valence electrons. The average Bonchev–Trinajstić information content (AvgIpc) is 3.42. The van der Waals surface area contributed by atoms with Crippen LogP contribution in [-0.2, 0) is 28.7 Å². The Bertz CT molecular complexity index is 967. The maximum absolute atomic E-state index is 14.1. The maximum atomic E-state index is 14.1. The molecule has 0 aromatic heterocycles. The third kappa shape index (κ3) is 5.56. The van der Waals surface area contributed by atoms with Crippen LogP contribution in [0, 0.1) is 11.8 Å². The standard InChI is InChI=1S/C27H40BrN3O7/c1-7-9-10-18(33)29-15-16(3)37-25(36)19-20-23(34)30(12-13-32)22(27(20)14-17(28)21(19)38-27)24(35)31(11-8-2)26(4,5)6/h7-8,16-17,19-22,32H,1-2,9-15H2,3-6H3,(H,29,33)/t16-,17?,19-,20+,21-,22-,27+/m0/s1. The first-order chi connectivity index (χ1) is 17.8. The smallest absolute Gasteiger partial charge is 0.312 e. The monoisotopic (exact) mass is 597 g/mol. The summed E-state index contributed by atoms with van der Waals surface area (Å²) in [5.74, 6) is -3.35. The lowest BCUT2D eigenvalue weighted by atomic mass is 9.70. The number of halogens is 1. The molecule has 10 nitrogen and oxygen atoms in total. The number of carbonyl (C=O) groups excluding carboxylic acids is 4. The zero-order valence-electron chi connectivity index (χ0n) is 22.7. The van der Waals surface area contributed by atoms with Gasteiger partial charge in [0.2, 0.25) is 17.7 Å². The molecule has 1 unspecified atom stereocenters. The number of alkyl halides is 1. The quantitative estimate of drug-likeness (QED) is 0.199. The number of allylic oxidation sites excluding steroid dienone is 1. The Labute approximate surface area is 232 Å². The van der Waals surface area contributed by atoms with Gasteiger partial charge in [-0.3, -0.25) is 19.2 Å². The molecule has 0 aliphatic carbocycles. The largest absolute Gasteiger partial charge is 0.460 e. The topological polar surface area (TPSA) is 125 Å². The van der Waals surface area contributed by atoms with Crippen molar-refractivity contribution in [3.8, 4) is 0 Å². The van der Waals surface area contributed by atoms with Crippen LogP contribution in [0.25, 0.3) is 0 Å². The Morgan fingerprint density at radius 1 is 1.34 bits per heavy atom. The van der Waals surface area contributed by atoms with Gasteiger partial charge in [-0.15, -0.1) is 13.2 Å². The highest BCUT2D eigenvalue weighted by Crippen LogP contribution is 2.60. The number of carbonyl (C=O) groups is 4. The van der Waals surface area contributed by atoms with E-state index in [-0.39, 0.29) is 42.9 Å². The number of amides is 3. The Hall–Kier alpha value is -2.24. The van der Waals surface area contributed by atoms with Crippen LogP contribution in [-0.4, -0.2) is 99.1 Å². The molecule has 3 rings (SSSR count). The summed E-state index contributed by atoms with van der Waals surface area (Å²) in [6.45, 7) is 14.7. The van der Waals surface area contributed by atoms with E-state index in [1.165, 1.54) is 4.90 Å². The van der Waals surface area contributed by atoms with Gasteiger partial charge in [-0.2, -0.15) is 0 Å². The van der Waals surface area contributed by atoms with Crippen LogP contribution in [0.5, 0.6) is 0 Å². The fourth-order valence-corrected chi connectivity index (χ4v) is 6.84. The molecule has 7 atom stereocenters. The highest BCUT2D eigenvalue weighted by atomic mass is 79.9. The molecule has 0 aromatic carbocycles. The number of aliphatic hydroxyl groups excluding tert-OH is 1. The van der Waals surface area contributed by atoms with E-state index in [4.69, 9.17) is 9.47 Å². The molecule has 3 saturated heterocycles. The van der Waals surface area contributed by atoms with Crippen LogP contribution in [0.3, 0.4) is 0 Å². The van der Waals surface area contributed by atoms with E-state index >= 15 is 0 Å². The summed E-state index contributed by atoms with van der Waals surface area (Å²) in [6, 6.07) is -1.00. The SMILES string of the molecule is C=CCCC(=O)NC[C@H](C)OC(=O)[C@@H]1[C@H]2O[C@@]3(CC2Br)[C@H](C(=O)N(CC=C)C(C)(C)C)N(CCO)C(=O)[C@@H]13. The lowest BCUT2D eigenvalue weighted by Gasteiger charge is -2.42. The first-order valence-electron chi connectivity index (χ1n) is 13.1. The van der Waals surface area contributed by atoms with Gasteiger partial charge in [0.15, 0.2) is 0 Å². The van der Waals surface area contributed by atoms with Crippen LogP contribution in [0.1, 0.15) is 47.0 Å². The van der Waals surface area contributed by atoms with E-state index in [1.807, 2.05) is 20.8 Å². The lowest BCUT2D eigenvalue weighted by Crippen LogP contribution is -2.60. The number of ether oxygens (including phenoxy) is 2. The number of nitrogens with one attached hydrogen (secondary N) is 1. The Balaban J connectivity index is 1.87. The Morgan fingerprint density at radius 3 is 2.61 bits per heavy atom. The number of hydrogen-bond acceptors (Lipinski definition) is 7. The van der Waals surface area contributed by atoms with Gasteiger partial charge in [0, 0.05) is 29.9 Å². The summed E-state index contributed by atoms with van der Waals surface area (Å²) in [7, 11) is 0. The number of aliphatic hydroxyl groups is 1. The minimum Gasteiger partial charge on any atom is -0.460 e. The van der Waals surface area contributed by atoms with Crippen LogP contribution in [0.4, 0.5) is 0 Å². The second-order valence-corrected chi connectivity index (χ2v) is 12.4. The van der Waals surface area contributed by atoms with Crippen molar-refractivity contribution < 1.29 is 33.8 Å². The first-order valence-corrected chi connectivity index (χ1v) is 14.0. The molecule has 11 heteroatoms. The molecule has 3 amide bonds. The number of rotatable bonds is 12. The number of fused-ring (bicyclic) bond motifs is 1. The fourth-order valence-electron chi connectivity index (χ4n) is 5.90. The normalized spacial score (nSPS) is 30.5. The zero-order chi connectivity index (χ0) is 28.4. The maximum Gasteiger partial charge on any atom is 0.312 e. The van der Waals surface area contributed by atoms with Crippen LogP contribution in [0.2, 0.25) is 0 Å². The number of esters is 1. The van der Waals surface area contributed by atoms with E-state index in [1.54, 1.807) is 24.0 Å². The van der Waals surface area contributed by atoms with Gasteiger partial charge in [0.1, 0.15) is 17.7 Å². The fraction of sp³-hybridized carbons (Fsp3) is 0.704. The molecule has 38 heavy (non-hydrogen) atoms. The lowest BCUT2D eigenvalue weighted by molar-refractivity contribution is -0.159. The van der Waals surface area contributed by atoms with E-state index < -0.39 is 53.1 Å². The van der Waals surface area contributed by atoms with Crippen molar-refractivity contribution in [2.24, 2.45) is 11.8 Å². The van der Waals surface area contributed by atoms with Gasteiger partial charge in [-0.1, -0.05) is 28.1 Å². The molecule has 3 fully saturated rings. The molecular weight excluding hydrogens is 558 g/mol. The van der Waals surface area contributed by atoms with Crippen LogP contribution < -0.4 is 5.32 Å². The molecule has 0 radical (unpaired) electrons. The predicted octanol–water partition coefficient (Wildman–Crippen LogP) is 1.55. The highest BCUT2D eigenvalue weighted by molar-refractivity contribution is 9.09. The van der Waals surface area contributed by atoms with E-state index in [0.717, 1.165) is 0 Å². The zero-order valence-corrected chi connectivity index (χ0v) is 24.2. The summed E-state index contributed by atoms with van der Waals surface area (Å²) in [4.78, 5) is 56.0. The first kappa shape index (κ1) is 30.3. The van der Waals surface area contributed by atoms with Gasteiger partial charge in [-0.05, 0) is 40.5 Å². The van der Waals surface area contributed by atoms with Crippen molar-refractivity contribution in [3.05, 3.63) is 25.3 Å². The summed E-state index contributed by atoms with van der Waals surface area (Å²) >= 11 is 3.62. The third-order valence-electron chi connectivity index (χ3n) is 7.50. The van der Waals surface area contributed by atoms with Crippen LogP contribution in [0.15, 0.2) is 25.3 Å². The molecule has 2 bridgehead atoms. The van der Waals surface area contributed by atoms with Crippen molar-refractivity contribution in [1.29, 1.82) is 0 Å². The van der Waals surface area contributed by atoms with E-state index in [0.29, 0.717) is 19.3 Å². The number of hydrogen-bond donors (Lipinski definition) is 2. The van der Waals surface area contributed by atoms with E-state index in [9.17, 15) is 24.3 Å². The molecule has 3 aliphatic heterocycles. The summed E-state index contributed by atoms with van der Waals surface area (Å²) in [5.41, 5.74) is -1.80. The van der Waals surface area contributed by atoms with Crippen molar-refractivity contribution >= 4 is 39.6 Å². The Kier molecular flexibility index (Phi) is 9.47. The molecule has 3 aliphatic rings. The Morgan fingerprint density at radius 2 is 2.03 bits per heavy atom. The summed E-state index contributed by atoms with van der Waals surface area (Å²) in [5, 5.41) is 12.5. The molecule has 0 saturated carbocycles. The minimum atomic E-state index is -1.24. The summed E-state index contributed by atoms with van der Waals surface area (Å²) in [6.07, 6.45) is 3.19. The van der Waals surface area contributed by atoms with Crippen molar-refractivity contribution in [2.45, 2.75) is 81.2 Å². The van der Waals surface area contributed by atoms with E-state index in [2.05, 4.69) is 34.4 Å². The number of nitrogens with zero attached hydrogens (tertiary/aromatic N) is 2. The highest BCUT2D eigenvalue weighted by Gasteiger charge is 2.77. The third-order valence-corrected chi connectivity index (χ3v) is 8.35.